The predicted molar refractivity (Wildman–Crippen MR) is 184 cm³/mol. The number of aliphatic hydroxyl groups excluding tert-OH is 1. The maximum Gasteiger partial charge on any atom is 0.409 e. The average Bonchev–Trinajstić information content (AvgIpc) is 3.34. The van der Waals surface area contributed by atoms with Crippen molar-refractivity contribution in [2.75, 3.05) is 19.7 Å². The molecular weight excluding hydrogens is 586 g/mol. The number of carbonyl (C=O) groups excluding carboxylic acids is 2. The first-order valence-electron chi connectivity index (χ1n) is 17.9. The Morgan fingerprint density at radius 3 is 2.32 bits per heavy atom. The number of aliphatic hydroxyl groups is 2. The van der Waals surface area contributed by atoms with E-state index in [1.165, 1.54) is 0 Å². The van der Waals surface area contributed by atoms with Crippen LogP contribution in [0.2, 0.25) is 0 Å². The van der Waals surface area contributed by atoms with E-state index in [4.69, 9.17) is 4.74 Å². The minimum absolute atomic E-state index is 0.0155. The van der Waals surface area contributed by atoms with E-state index in [9.17, 15) is 15.0 Å². The molecule has 8 rings (SSSR count). The first-order chi connectivity index (χ1) is 22.5. The molecule has 0 saturated heterocycles. The number of allylic oxidation sites excluding steroid dienone is 4. The molecule has 2 bridgehead atoms. The third-order valence-corrected chi connectivity index (χ3v) is 13.7. The lowest BCUT2D eigenvalue weighted by Gasteiger charge is -2.71. The van der Waals surface area contributed by atoms with E-state index in [0.29, 0.717) is 31.6 Å². The molecule has 2 N–H and O–H groups in total. The van der Waals surface area contributed by atoms with Gasteiger partial charge in [-0.2, -0.15) is 0 Å². The summed E-state index contributed by atoms with van der Waals surface area (Å²) in [7, 11) is 0. The Morgan fingerprint density at radius 2 is 1.57 bits per heavy atom. The van der Waals surface area contributed by atoms with Gasteiger partial charge in [-0.05, 0) is 86.7 Å². The van der Waals surface area contributed by atoms with Gasteiger partial charge in [0.15, 0.2) is 5.78 Å². The normalized spacial score (nSPS) is 38.2. The molecular formula is C41H51NO5. The second-order valence-electron chi connectivity index (χ2n) is 15.7. The van der Waals surface area contributed by atoms with Gasteiger partial charge in [-0.3, -0.25) is 4.79 Å². The quantitative estimate of drug-likeness (QED) is 0.226. The molecule has 8 atom stereocenters. The summed E-state index contributed by atoms with van der Waals surface area (Å²) in [4.78, 5) is 30.0. The number of ether oxygens (including phenoxy) is 1. The summed E-state index contributed by atoms with van der Waals surface area (Å²) < 4.78 is 5.43. The standard InChI is InChI=1S/C41H51NO5/c1-5-24-42(36(45)47-6-2)27-40(46)21-18-34-38(40,4)20-17-33-37(3)19-16-29(43)25-39(37)22-23-41(33,34)32(26-39)35(44)31-15-11-10-14-30(31)28-12-8-7-9-13-28/h7-15,22-23,26,29,33-34,43,46H,5-6,16-21,24-25,27H2,1-4H3. The third-order valence-electron chi connectivity index (χ3n) is 13.7. The van der Waals surface area contributed by atoms with E-state index < -0.39 is 27.9 Å². The molecule has 0 aliphatic heterocycles. The first-order valence-corrected chi connectivity index (χ1v) is 17.9. The molecule has 2 aromatic carbocycles. The highest BCUT2D eigenvalue weighted by atomic mass is 16.6. The SMILES string of the molecule is CCCN(CC1(O)CCC2C34C=CC5(C=C3C(=O)c3ccccc3-c3ccccc3)CC(O)CCC5(C)C4CCC21C)C(=O)OCC. The topological polar surface area (TPSA) is 87.1 Å². The van der Waals surface area contributed by atoms with Crippen molar-refractivity contribution in [3.05, 3.63) is 84.0 Å². The van der Waals surface area contributed by atoms with Gasteiger partial charge in [-0.25, -0.2) is 4.79 Å². The number of fused-ring (bicyclic) bond motifs is 1. The van der Waals surface area contributed by atoms with Gasteiger partial charge in [0.25, 0.3) is 0 Å². The second-order valence-corrected chi connectivity index (χ2v) is 15.7. The predicted octanol–water partition coefficient (Wildman–Crippen LogP) is 8.00. The summed E-state index contributed by atoms with van der Waals surface area (Å²) in [5.74, 6) is 0.276. The van der Waals surface area contributed by atoms with E-state index in [-0.39, 0.29) is 35.7 Å². The van der Waals surface area contributed by atoms with Gasteiger partial charge in [-0.15, -0.1) is 0 Å². The van der Waals surface area contributed by atoms with E-state index in [1.807, 2.05) is 56.3 Å². The second kappa shape index (κ2) is 11.4. The number of benzene rings is 2. The number of ketones is 1. The summed E-state index contributed by atoms with van der Waals surface area (Å²) in [5, 5.41) is 23.8. The highest BCUT2D eigenvalue weighted by molar-refractivity contribution is 6.14. The molecule has 3 fully saturated rings. The van der Waals surface area contributed by atoms with Crippen LogP contribution in [0.3, 0.4) is 0 Å². The van der Waals surface area contributed by atoms with Crippen molar-refractivity contribution < 1.29 is 24.5 Å². The number of rotatable bonds is 8. The van der Waals surface area contributed by atoms with E-state index >= 15 is 4.79 Å². The van der Waals surface area contributed by atoms with Crippen LogP contribution in [0.1, 0.15) is 89.4 Å². The number of hydrogen-bond acceptors (Lipinski definition) is 5. The van der Waals surface area contributed by atoms with Gasteiger partial charge < -0.3 is 19.8 Å². The molecule has 3 saturated carbocycles. The molecule has 250 valence electrons. The number of hydrogen-bond donors (Lipinski definition) is 2. The molecule has 6 aliphatic carbocycles. The van der Waals surface area contributed by atoms with Crippen LogP contribution < -0.4 is 0 Å². The number of nitrogens with zero attached hydrogens (tertiary/aromatic N) is 1. The van der Waals surface area contributed by atoms with Crippen molar-refractivity contribution in [2.24, 2.45) is 33.5 Å². The number of Topliss-reactive ketones (excluding diaryl/α,β-unsaturated/α-hetero) is 1. The molecule has 8 unspecified atom stereocenters. The summed E-state index contributed by atoms with van der Waals surface area (Å²) >= 11 is 0. The highest BCUT2D eigenvalue weighted by Crippen LogP contribution is 2.78. The van der Waals surface area contributed by atoms with Crippen LogP contribution >= 0.6 is 0 Å². The van der Waals surface area contributed by atoms with Gasteiger partial charge >= 0.3 is 6.09 Å². The molecule has 2 aromatic rings. The summed E-state index contributed by atoms with van der Waals surface area (Å²) in [6.07, 6.45) is 12.3. The highest BCUT2D eigenvalue weighted by Gasteiger charge is 2.74. The van der Waals surface area contributed by atoms with Crippen LogP contribution in [-0.4, -0.2) is 58.4 Å². The minimum Gasteiger partial charge on any atom is -0.450 e. The Kier molecular flexibility index (Phi) is 7.87. The third kappa shape index (κ3) is 4.50. The largest absolute Gasteiger partial charge is 0.450 e. The van der Waals surface area contributed by atoms with E-state index in [0.717, 1.165) is 55.2 Å². The summed E-state index contributed by atoms with van der Waals surface area (Å²) in [6, 6.07) is 18.1. The Hall–Kier alpha value is -3.22. The summed E-state index contributed by atoms with van der Waals surface area (Å²) in [5.41, 5.74) is 0.785. The minimum atomic E-state index is -1.11. The molecule has 1 amide bonds. The maximum atomic E-state index is 15.3. The summed E-state index contributed by atoms with van der Waals surface area (Å²) in [6.45, 7) is 9.54. The lowest BCUT2D eigenvalue weighted by molar-refractivity contribution is -0.175. The fourth-order valence-corrected chi connectivity index (χ4v) is 11.3. The van der Waals surface area contributed by atoms with Crippen LogP contribution in [-0.2, 0) is 4.74 Å². The Labute approximate surface area is 279 Å². The Morgan fingerprint density at radius 1 is 0.894 bits per heavy atom. The van der Waals surface area contributed by atoms with Gasteiger partial charge in [0.05, 0.1) is 24.9 Å². The number of carbonyl (C=O) groups is 2. The average molecular weight is 638 g/mol. The first kappa shape index (κ1) is 32.3. The van der Waals surface area contributed by atoms with Crippen molar-refractivity contribution in [1.29, 1.82) is 0 Å². The van der Waals surface area contributed by atoms with Crippen molar-refractivity contribution in [3.63, 3.8) is 0 Å². The smallest absolute Gasteiger partial charge is 0.409 e. The molecule has 0 aromatic heterocycles. The fourth-order valence-electron chi connectivity index (χ4n) is 11.3. The van der Waals surface area contributed by atoms with Gasteiger partial charge in [0.1, 0.15) is 0 Å². The van der Waals surface area contributed by atoms with Gasteiger partial charge in [-0.1, -0.05) is 93.6 Å². The van der Waals surface area contributed by atoms with Crippen LogP contribution in [0.25, 0.3) is 11.1 Å². The molecule has 2 spiro atoms. The zero-order valence-corrected chi connectivity index (χ0v) is 28.5. The van der Waals surface area contributed by atoms with Crippen molar-refractivity contribution >= 4 is 11.9 Å². The van der Waals surface area contributed by atoms with E-state index in [1.54, 1.807) is 4.90 Å². The van der Waals surface area contributed by atoms with Crippen LogP contribution in [0.5, 0.6) is 0 Å². The molecule has 6 nitrogen and oxygen atoms in total. The molecule has 6 heteroatoms. The molecule has 6 aliphatic rings. The van der Waals surface area contributed by atoms with Crippen molar-refractivity contribution in [3.8, 4) is 11.1 Å². The van der Waals surface area contributed by atoms with Crippen molar-refractivity contribution in [1.82, 2.24) is 4.90 Å². The zero-order valence-electron chi connectivity index (χ0n) is 28.5. The molecule has 0 radical (unpaired) electrons. The molecule has 0 heterocycles. The maximum absolute atomic E-state index is 15.3. The van der Waals surface area contributed by atoms with Gasteiger partial charge in [0, 0.05) is 33.9 Å². The number of amides is 1. The lowest BCUT2D eigenvalue weighted by Crippen LogP contribution is -2.67. The Bertz CT molecular complexity index is 1620. The van der Waals surface area contributed by atoms with Crippen LogP contribution in [0.15, 0.2) is 78.4 Å². The molecule has 47 heavy (non-hydrogen) atoms. The fraction of sp³-hybridized carbons (Fsp3) is 0.561. The van der Waals surface area contributed by atoms with Gasteiger partial charge in [0.2, 0.25) is 0 Å². The van der Waals surface area contributed by atoms with E-state index in [2.05, 4.69) is 44.2 Å². The lowest BCUT2D eigenvalue weighted by atomic mass is 9.32. The monoisotopic (exact) mass is 637 g/mol. The van der Waals surface area contributed by atoms with Crippen LogP contribution in [0.4, 0.5) is 4.79 Å². The van der Waals surface area contributed by atoms with Crippen molar-refractivity contribution in [2.45, 2.75) is 90.8 Å². The zero-order chi connectivity index (χ0) is 33.2. The Balaban J connectivity index is 1.37. The van der Waals surface area contributed by atoms with Crippen LogP contribution in [0, 0.1) is 33.5 Å².